The van der Waals surface area contributed by atoms with E-state index in [0.29, 0.717) is 34.9 Å². The summed E-state index contributed by atoms with van der Waals surface area (Å²) in [5.41, 5.74) is 1.19. The summed E-state index contributed by atoms with van der Waals surface area (Å²) in [6, 6.07) is 10.4. The Kier molecular flexibility index (Phi) is 5.19. The molecular weight excluding hydrogens is 347 g/mol. The van der Waals surface area contributed by atoms with Gasteiger partial charge in [0.2, 0.25) is 11.8 Å². The molecule has 0 unspecified atom stereocenters. The van der Waals surface area contributed by atoms with Crippen molar-refractivity contribution in [3.05, 3.63) is 58.9 Å². The summed E-state index contributed by atoms with van der Waals surface area (Å²) in [5.74, 6) is -0.308. The number of halogens is 2. The van der Waals surface area contributed by atoms with Crippen LogP contribution in [0, 0.1) is 5.82 Å². The molecule has 2 aromatic carbocycles. The molecule has 0 aromatic heterocycles. The molecule has 1 heterocycles. The van der Waals surface area contributed by atoms with Gasteiger partial charge in [-0.15, -0.1) is 0 Å². The van der Waals surface area contributed by atoms with Gasteiger partial charge in [0, 0.05) is 12.1 Å². The first-order chi connectivity index (χ1) is 12.0. The standard InChI is InChI=1S/C18H16ClFN2O3/c19-14-9-13(21-18(24)15-5-7-17(23)22-15)4-6-16(14)25-10-11-2-1-3-12(20)8-11/h1-4,6,8-9,15H,5,7,10H2,(H,21,24)(H,22,23)/t15-/m0/s1. The van der Waals surface area contributed by atoms with Crippen LogP contribution in [0.1, 0.15) is 18.4 Å². The van der Waals surface area contributed by atoms with Crippen LogP contribution in [0.25, 0.3) is 0 Å². The number of rotatable bonds is 5. The van der Waals surface area contributed by atoms with E-state index in [2.05, 4.69) is 10.6 Å². The molecule has 2 aromatic rings. The van der Waals surface area contributed by atoms with E-state index in [-0.39, 0.29) is 24.2 Å². The molecule has 2 N–H and O–H groups in total. The highest BCUT2D eigenvalue weighted by molar-refractivity contribution is 6.32. The number of amides is 2. The predicted octanol–water partition coefficient (Wildman–Crippen LogP) is 3.28. The summed E-state index contributed by atoms with van der Waals surface area (Å²) in [4.78, 5) is 23.2. The van der Waals surface area contributed by atoms with E-state index in [4.69, 9.17) is 16.3 Å². The molecule has 1 atom stereocenters. The van der Waals surface area contributed by atoms with Crippen LogP contribution in [0.15, 0.2) is 42.5 Å². The van der Waals surface area contributed by atoms with Gasteiger partial charge in [0.25, 0.3) is 0 Å². The molecule has 130 valence electrons. The minimum absolute atomic E-state index is 0.126. The first-order valence-electron chi connectivity index (χ1n) is 7.78. The molecule has 3 rings (SSSR count). The van der Waals surface area contributed by atoms with Crippen molar-refractivity contribution in [3.63, 3.8) is 0 Å². The molecule has 0 aliphatic carbocycles. The summed E-state index contributed by atoms with van der Waals surface area (Å²) >= 11 is 6.17. The molecule has 5 nitrogen and oxygen atoms in total. The van der Waals surface area contributed by atoms with Crippen LogP contribution < -0.4 is 15.4 Å². The fourth-order valence-corrected chi connectivity index (χ4v) is 2.76. The predicted molar refractivity (Wildman–Crippen MR) is 92.0 cm³/mol. The second-order valence-corrected chi connectivity index (χ2v) is 6.12. The molecule has 0 spiro atoms. The van der Waals surface area contributed by atoms with E-state index in [1.54, 1.807) is 30.3 Å². The van der Waals surface area contributed by atoms with E-state index in [1.807, 2.05) is 0 Å². The van der Waals surface area contributed by atoms with Crippen LogP contribution in [0.2, 0.25) is 5.02 Å². The van der Waals surface area contributed by atoms with Crippen molar-refractivity contribution in [1.29, 1.82) is 0 Å². The van der Waals surface area contributed by atoms with Crippen LogP contribution in [-0.4, -0.2) is 17.9 Å². The van der Waals surface area contributed by atoms with Gasteiger partial charge in [-0.1, -0.05) is 23.7 Å². The smallest absolute Gasteiger partial charge is 0.246 e. The van der Waals surface area contributed by atoms with Crippen molar-refractivity contribution in [2.75, 3.05) is 5.32 Å². The number of carbonyl (C=O) groups excluding carboxylic acids is 2. The highest BCUT2D eigenvalue weighted by atomic mass is 35.5. The number of hydrogen-bond donors (Lipinski definition) is 2. The second kappa shape index (κ2) is 7.53. The van der Waals surface area contributed by atoms with Gasteiger partial charge in [-0.2, -0.15) is 0 Å². The van der Waals surface area contributed by atoms with E-state index in [0.717, 1.165) is 0 Å². The fourth-order valence-electron chi connectivity index (χ4n) is 2.52. The number of carbonyl (C=O) groups is 2. The first kappa shape index (κ1) is 17.2. The Bertz CT molecular complexity index is 813. The Balaban J connectivity index is 1.60. The molecule has 0 radical (unpaired) electrons. The van der Waals surface area contributed by atoms with E-state index < -0.39 is 6.04 Å². The lowest BCUT2D eigenvalue weighted by Crippen LogP contribution is -2.37. The van der Waals surface area contributed by atoms with Gasteiger partial charge < -0.3 is 15.4 Å². The lowest BCUT2D eigenvalue weighted by Gasteiger charge is -2.13. The lowest BCUT2D eigenvalue weighted by atomic mass is 10.2. The Morgan fingerprint density at radius 1 is 1.32 bits per heavy atom. The lowest BCUT2D eigenvalue weighted by molar-refractivity contribution is -0.122. The minimum atomic E-state index is -0.518. The van der Waals surface area contributed by atoms with Gasteiger partial charge in [0.1, 0.15) is 24.2 Å². The van der Waals surface area contributed by atoms with Gasteiger partial charge in [-0.3, -0.25) is 9.59 Å². The average Bonchev–Trinajstić information content (AvgIpc) is 3.01. The van der Waals surface area contributed by atoms with Crippen LogP contribution in [-0.2, 0) is 16.2 Å². The maximum Gasteiger partial charge on any atom is 0.246 e. The van der Waals surface area contributed by atoms with E-state index in [1.165, 1.54) is 12.1 Å². The summed E-state index contributed by atoms with van der Waals surface area (Å²) in [5, 5.41) is 5.64. The van der Waals surface area contributed by atoms with Crippen molar-refractivity contribution in [1.82, 2.24) is 5.32 Å². The van der Waals surface area contributed by atoms with Crippen LogP contribution in [0.4, 0.5) is 10.1 Å². The quantitative estimate of drug-likeness (QED) is 0.857. The molecule has 0 saturated carbocycles. The number of hydrogen-bond acceptors (Lipinski definition) is 3. The van der Waals surface area contributed by atoms with Crippen LogP contribution in [0.5, 0.6) is 5.75 Å². The molecule has 1 aliphatic rings. The Morgan fingerprint density at radius 2 is 2.16 bits per heavy atom. The molecule has 25 heavy (non-hydrogen) atoms. The number of anilines is 1. The fraction of sp³-hybridized carbons (Fsp3) is 0.222. The zero-order chi connectivity index (χ0) is 17.8. The van der Waals surface area contributed by atoms with Crippen molar-refractivity contribution < 1.29 is 18.7 Å². The van der Waals surface area contributed by atoms with Gasteiger partial charge in [0.15, 0.2) is 0 Å². The monoisotopic (exact) mass is 362 g/mol. The topological polar surface area (TPSA) is 67.4 Å². The highest BCUT2D eigenvalue weighted by Crippen LogP contribution is 2.28. The van der Waals surface area contributed by atoms with Crippen LogP contribution >= 0.6 is 11.6 Å². The average molecular weight is 363 g/mol. The van der Waals surface area contributed by atoms with Gasteiger partial charge >= 0.3 is 0 Å². The maximum atomic E-state index is 13.2. The molecular formula is C18H16ClFN2O3. The minimum Gasteiger partial charge on any atom is -0.487 e. The third kappa shape index (κ3) is 4.48. The normalized spacial score (nSPS) is 16.4. The molecule has 1 aliphatic heterocycles. The maximum absolute atomic E-state index is 13.2. The van der Waals surface area contributed by atoms with E-state index in [9.17, 15) is 14.0 Å². The third-order valence-corrected chi connectivity index (χ3v) is 4.09. The highest BCUT2D eigenvalue weighted by Gasteiger charge is 2.27. The number of benzene rings is 2. The van der Waals surface area contributed by atoms with Gasteiger partial charge in [-0.25, -0.2) is 4.39 Å². The zero-order valence-corrected chi connectivity index (χ0v) is 14.0. The molecule has 2 amide bonds. The Hall–Kier alpha value is -2.60. The summed E-state index contributed by atoms with van der Waals surface area (Å²) in [7, 11) is 0. The Labute approximate surface area is 149 Å². The van der Waals surface area contributed by atoms with E-state index >= 15 is 0 Å². The molecule has 1 fully saturated rings. The largest absolute Gasteiger partial charge is 0.487 e. The van der Waals surface area contributed by atoms with Crippen molar-refractivity contribution in [2.45, 2.75) is 25.5 Å². The van der Waals surface area contributed by atoms with Gasteiger partial charge in [-0.05, 0) is 42.3 Å². The number of nitrogens with one attached hydrogen (secondary N) is 2. The van der Waals surface area contributed by atoms with Crippen molar-refractivity contribution >= 4 is 29.1 Å². The summed E-state index contributed by atoms with van der Waals surface area (Å²) in [6.07, 6.45) is 0.832. The number of ether oxygens (including phenoxy) is 1. The second-order valence-electron chi connectivity index (χ2n) is 5.71. The first-order valence-corrected chi connectivity index (χ1v) is 8.16. The van der Waals surface area contributed by atoms with Crippen molar-refractivity contribution in [3.8, 4) is 5.75 Å². The van der Waals surface area contributed by atoms with Crippen LogP contribution in [0.3, 0.4) is 0 Å². The molecule has 0 bridgehead atoms. The van der Waals surface area contributed by atoms with Crippen molar-refractivity contribution in [2.24, 2.45) is 0 Å². The summed E-state index contributed by atoms with van der Waals surface area (Å²) in [6.45, 7) is 0.178. The Morgan fingerprint density at radius 3 is 2.84 bits per heavy atom. The molecule has 7 heteroatoms. The van der Waals surface area contributed by atoms with Gasteiger partial charge in [0.05, 0.1) is 5.02 Å². The zero-order valence-electron chi connectivity index (χ0n) is 13.2. The summed E-state index contributed by atoms with van der Waals surface area (Å²) < 4.78 is 18.7. The SMILES string of the molecule is O=C1CC[C@@H](C(=O)Nc2ccc(OCc3cccc(F)c3)c(Cl)c2)N1. The third-order valence-electron chi connectivity index (χ3n) is 3.79. The molecule has 1 saturated heterocycles.